The van der Waals surface area contributed by atoms with E-state index in [9.17, 15) is 14.4 Å². The number of carbonyl (C=O) groups is 1. The maximum absolute atomic E-state index is 12.9. The number of methoxy groups -OCH3 is 3. The largest absolute Gasteiger partial charge is 0.497 e. The summed E-state index contributed by atoms with van der Waals surface area (Å²) in [6.07, 6.45) is 0. The van der Waals surface area contributed by atoms with Crippen LogP contribution in [0.5, 0.6) is 17.2 Å². The molecule has 0 aliphatic carbocycles. The van der Waals surface area contributed by atoms with Crippen molar-refractivity contribution in [3.05, 3.63) is 68.0 Å². The highest BCUT2D eigenvalue weighted by atomic mass is 35.5. The number of benzene rings is 2. The number of rotatable bonds is 6. The Hall–Kier alpha value is -3.79. The Kier molecular flexibility index (Phi) is 6.30. The molecule has 0 radical (unpaired) electrons. The molecule has 10 nitrogen and oxygen atoms in total. The predicted molar refractivity (Wildman–Crippen MR) is 114 cm³/mol. The van der Waals surface area contributed by atoms with Gasteiger partial charge in [0, 0.05) is 13.1 Å². The van der Waals surface area contributed by atoms with Gasteiger partial charge in [-0.2, -0.15) is 9.78 Å². The Morgan fingerprint density at radius 2 is 1.65 bits per heavy atom. The van der Waals surface area contributed by atoms with E-state index in [0.29, 0.717) is 17.2 Å². The summed E-state index contributed by atoms with van der Waals surface area (Å²) >= 11 is 6.13. The molecule has 11 heteroatoms. The second kappa shape index (κ2) is 8.92. The lowest BCUT2D eigenvalue weighted by Crippen LogP contribution is -2.43. The first-order valence-electron chi connectivity index (χ1n) is 8.88. The third-order valence-electron chi connectivity index (χ3n) is 4.43. The first kappa shape index (κ1) is 21.9. The van der Waals surface area contributed by atoms with Crippen LogP contribution in [-0.4, -0.2) is 41.6 Å². The summed E-state index contributed by atoms with van der Waals surface area (Å²) in [6, 6.07) is 9.30. The van der Waals surface area contributed by atoms with Crippen molar-refractivity contribution in [2.75, 3.05) is 26.6 Å². The highest BCUT2D eigenvalue weighted by Crippen LogP contribution is 2.35. The Morgan fingerprint density at radius 1 is 1.00 bits per heavy atom. The highest BCUT2D eigenvalue weighted by molar-refractivity contribution is 6.32. The number of anilines is 1. The van der Waals surface area contributed by atoms with E-state index in [-0.39, 0.29) is 16.5 Å². The van der Waals surface area contributed by atoms with Crippen molar-refractivity contribution in [2.24, 2.45) is 7.05 Å². The molecule has 1 amide bonds. The topological polar surface area (TPSA) is 114 Å². The molecule has 1 N–H and O–H groups in total. The van der Waals surface area contributed by atoms with Gasteiger partial charge in [0.1, 0.15) is 17.2 Å². The van der Waals surface area contributed by atoms with Crippen LogP contribution in [0.2, 0.25) is 5.02 Å². The minimum Gasteiger partial charge on any atom is -0.497 e. The van der Waals surface area contributed by atoms with Gasteiger partial charge in [-0.3, -0.25) is 14.2 Å². The number of amides is 1. The molecule has 31 heavy (non-hydrogen) atoms. The molecule has 0 saturated heterocycles. The molecule has 0 saturated carbocycles. The van der Waals surface area contributed by atoms with Crippen molar-refractivity contribution in [3.63, 3.8) is 0 Å². The summed E-state index contributed by atoms with van der Waals surface area (Å²) in [5, 5.41) is 6.75. The van der Waals surface area contributed by atoms with E-state index in [1.807, 2.05) is 0 Å². The van der Waals surface area contributed by atoms with Crippen molar-refractivity contribution in [2.45, 2.75) is 0 Å². The second-order valence-electron chi connectivity index (χ2n) is 6.25. The van der Waals surface area contributed by atoms with E-state index < -0.39 is 22.9 Å². The van der Waals surface area contributed by atoms with Crippen LogP contribution in [0, 0.1) is 0 Å². The van der Waals surface area contributed by atoms with E-state index in [4.69, 9.17) is 25.8 Å². The molecule has 0 atom stereocenters. The van der Waals surface area contributed by atoms with Crippen molar-refractivity contribution in [1.29, 1.82) is 0 Å². The van der Waals surface area contributed by atoms with Crippen molar-refractivity contribution >= 4 is 23.2 Å². The molecule has 3 aromatic rings. The molecule has 3 rings (SSSR count). The average Bonchev–Trinajstić information content (AvgIpc) is 2.78. The molecular formula is C20H19ClN4O6. The number of nitrogens with zero attached hydrogens (tertiary/aromatic N) is 3. The average molecular weight is 447 g/mol. The number of aromatic nitrogens is 3. The summed E-state index contributed by atoms with van der Waals surface area (Å²) in [5.74, 6) is 0.332. The lowest BCUT2D eigenvalue weighted by Gasteiger charge is -2.13. The van der Waals surface area contributed by atoms with Crippen LogP contribution in [0.15, 0.2) is 46.0 Å². The molecule has 162 valence electrons. The Balaban J connectivity index is 2.06. The van der Waals surface area contributed by atoms with Gasteiger partial charge >= 0.3 is 5.69 Å². The zero-order valence-corrected chi connectivity index (χ0v) is 17.9. The van der Waals surface area contributed by atoms with Crippen LogP contribution >= 0.6 is 11.6 Å². The van der Waals surface area contributed by atoms with Crippen molar-refractivity contribution in [1.82, 2.24) is 14.3 Å². The maximum atomic E-state index is 12.9. The number of carbonyl (C=O) groups excluding carboxylic acids is 1. The summed E-state index contributed by atoms with van der Waals surface area (Å²) < 4.78 is 17.2. The normalized spacial score (nSPS) is 10.5. The summed E-state index contributed by atoms with van der Waals surface area (Å²) in [4.78, 5) is 38.0. The molecule has 0 spiro atoms. The van der Waals surface area contributed by atoms with Crippen LogP contribution in [0.1, 0.15) is 10.5 Å². The fourth-order valence-electron chi connectivity index (χ4n) is 2.75. The Morgan fingerprint density at radius 3 is 2.23 bits per heavy atom. The van der Waals surface area contributed by atoms with Crippen molar-refractivity contribution in [3.8, 4) is 22.9 Å². The van der Waals surface area contributed by atoms with E-state index >= 15 is 0 Å². The van der Waals surface area contributed by atoms with E-state index in [2.05, 4.69) is 10.4 Å². The Labute approximate surface area is 181 Å². The third-order valence-corrected chi connectivity index (χ3v) is 4.72. The predicted octanol–water partition coefficient (Wildman–Crippen LogP) is 1.86. The van der Waals surface area contributed by atoms with E-state index in [0.717, 1.165) is 9.25 Å². The van der Waals surface area contributed by atoms with Crippen molar-refractivity contribution < 1.29 is 19.0 Å². The molecular weight excluding hydrogens is 428 g/mol. The minimum absolute atomic E-state index is 0.198. The fourth-order valence-corrected chi connectivity index (χ4v) is 2.99. The lowest BCUT2D eigenvalue weighted by atomic mass is 10.2. The number of hydrogen-bond donors (Lipinski definition) is 1. The second-order valence-corrected chi connectivity index (χ2v) is 6.65. The number of hydrogen-bond acceptors (Lipinski definition) is 7. The van der Waals surface area contributed by atoms with E-state index in [1.165, 1.54) is 40.5 Å². The van der Waals surface area contributed by atoms with Gasteiger partial charge in [-0.1, -0.05) is 11.6 Å². The molecule has 0 aliphatic rings. The first-order chi connectivity index (χ1) is 14.8. The molecule has 0 bridgehead atoms. The van der Waals surface area contributed by atoms with Gasteiger partial charge < -0.3 is 19.5 Å². The zero-order chi connectivity index (χ0) is 22.7. The van der Waals surface area contributed by atoms with Crippen LogP contribution in [0.4, 0.5) is 5.69 Å². The van der Waals surface area contributed by atoms with Gasteiger partial charge in [0.25, 0.3) is 11.5 Å². The molecule has 0 unspecified atom stereocenters. The number of ether oxygens (including phenoxy) is 3. The first-order valence-corrected chi connectivity index (χ1v) is 9.26. The lowest BCUT2D eigenvalue weighted by molar-refractivity contribution is 0.101. The van der Waals surface area contributed by atoms with Gasteiger partial charge in [-0.15, -0.1) is 0 Å². The maximum Gasteiger partial charge on any atom is 0.351 e. The van der Waals surface area contributed by atoms with Gasteiger partial charge in [-0.25, -0.2) is 4.79 Å². The summed E-state index contributed by atoms with van der Waals surface area (Å²) in [5.41, 5.74) is -1.51. The van der Waals surface area contributed by atoms with Gasteiger partial charge in [-0.05, 0) is 30.3 Å². The number of halogens is 1. The molecule has 2 aromatic carbocycles. The summed E-state index contributed by atoms with van der Waals surface area (Å²) in [6.45, 7) is 0. The van der Waals surface area contributed by atoms with Gasteiger partial charge in [0.05, 0.1) is 37.7 Å². The summed E-state index contributed by atoms with van der Waals surface area (Å²) in [7, 11) is 5.61. The quantitative estimate of drug-likeness (QED) is 0.614. The molecule has 0 fully saturated rings. The van der Waals surface area contributed by atoms with Gasteiger partial charge in [0.15, 0.2) is 0 Å². The van der Waals surface area contributed by atoms with Crippen LogP contribution in [0.25, 0.3) is 5.69 Å². The minimum atomic E-state index is -0.856. The third kappa shape index (κ3) is 4.24. The van der Waals surface area contributed by atoms with Crippen LogP contribution < -0.4 is 30.8 Å². The molecule has 1 heterocycles. The molecule has 1 aromatic heterocycles. The number of nitrogens with one attached hydrogen (secondary N) is 1. The van der Waals surface area contributed by atoms with Crippen LogP contribution in [0.3, 0.4) is 0 Å². The monoisotopic (exact) mass is 446 g/mol. The Bertz CT molecular complexity index is 1250. The zero-order valence-electron chi connectivity index (χ0n) is 17.1. The molecule has 0 aliphatic heterocycles. The van der Waals surface area contributed by atoms with Crippen LogP contribution in [-0.2, 0) is 7.05 Å². The standard InChI is InChI=1S/C20H19ClN4O6/c1-24-19(27)17(23-25(20(24)28)11-5-7-12(29-2)8-6-11)18(26)22-14-9-13(21)15(30-3)10-16(14)31-4/h5-10H,1-4H3,(H,22,26). The highest BCUT2D eigenvalue weighted by Gasteiger charge is 2.21. The van der Waals surface area contributed by atoms with Gasteiger partial charge in [0.2, 0.25) is 5.69 Å². The van der Waals surface area contributed by atoms with E-state index in [1.54, 1.807) is 24.3 Å². The fraction of sp³-hybridized carbons (Fsp3) is 0.200. The smallest absolute Gasteiger partial charge is 0.351 e. The SMILES string of the molecule is COc1ccc(-n2nc(C(=O)Nc3cc(Cl)c(OC)cc3OC)c(=O)n(C)c2=O)cc1.